The Morgan fingerprint density at radius 3 is 2.50 bits per heavy atom. The number of nitrogens with two attached hydrogens (primary N) is 1. The summed E-state index contributed by atoms with van der Waals surface area (Å²) in [5.41, 5.74) is 5.61. The van der Waals surface area contributed by atoms with Crippen molar-refractivity contribution in [1.29, 1.82) is 0 Å². The fourth-order valence-electron chi connectivity index (χ4n) is 2.85. The standard InChI is InChI=1S/C13H24N2O2.ClH/c14-9-12-10-15(7-8-17-12)13(16)11-5-3-1-2-4-6-11;/h11-12H,1-10,14H2;1H. The van der Waals surface area contributed by atoms with E-state index in [9.17, 15) is 4.79 Å². The quantitative estimate of drug-likeness (QED) is 0.779. The Hall–Kier alpha value is -0.320. The van der Waals surface area contributed by atoms with Crippen LogP contribution < -0.4 is 5.73 Å². The largest absolute Gasteiger partial charge is 0.373 e. The summed E-state index contributed by atoms with van der Waals surface area (Å²) in [6.45, 7) is 2.58. The number of hydrogen-bond acceptors (Lipinski definition) is 3. The van der Waals surface area contributed by atoms with E-state index < -0.39 is 0 Å². The lowest BCUT2D eigenvalue weighted by molar-refractivity contribution is -0.143. The van der Waals surface area contributed by atoms with Gasteiger partial charge in [0.25, 0.3) is 0 Å². The molecule has 0 bridgehead atoms. The molecule has 1 unspecified atom stereocenters. The van der Waals surface area contributed by atoms with E-state index in [1.165, 1.54) is 25.7 Å². The molecule has 1 aliphatic carbocycles. The summed E-state index contributed by atoms with van der Waals surface area (Å²) in [7, 11) is 0. The molecule has 0 aromatic rings. The van der Waals surface area contributed by atoms with Crippen LogP contribution in [-0.2, 0) is 9.53 Å². The molecule has 0 radical (unpaired) electrons. The van der Waals surface area contributed by atoms with E-state index in [0.717, 1.165) is 19.4 Å². The van der Waals surface area contributed by atoms with E-state index >= 15 is 0 Å². The molecule has 2 N–H and O–H groups in total. The maximum atomic E-state index is 12.4. The summed E-state index contributed by atoms with van der Waals surface area (Å²) in [6, 6.07) is 0. The molecule has 106 valence electrons. The number of nitrogens with zero attached hydrogens (tertiary/aromatic N) is 1. The third kappa shape index (κ3) is 4.11. The minimum absolute atomic E-state index is 0. The molecule has 2 aliphatic rings. The second kappa shape index (κ2) is 7.97. The van der Waals surface area contributed by atoms with Gasteiger partial charge in [0.15, 0.2) is 0 Å². The van der Waals surface area contributed by atoms with Gasteiger partial charge in [-0.05, 0) is 12.8 Å². The lowest BCUT2D eigenvalue weighted by Gasteiger charge is -2.34. The minimum Gasteiger partial charge on any atom is -0.373 e. The highest BCUT2D eigenvalue weighted by Gasteiger charge is 2.28. The van der Waals surface area contributed by atoms with Gasteiger partial charge in [-0.1, -0.05) is 25.7 Å². The Morgan fingerprint density at radius 1 is 1.22 bits per heavy atom. The highest BCUT2D eigenvalue weighted by Crippen LogP contribution is 2.25. The highest BCUT2D eigenvalue weighted by atomic mass is 35.5. The molecule has 1 saturated heterocycles. The van der Waals surface area contributed by atoms with Crippen LogP contribution in [0.4, 0.5) is 0 Å². The van der Waals surface area contributed by atoms with Gasteiger partial charge in [-0.25, -0.2) is 0 Å². The average Bonchev–Trinajstić information content (AvgIpc) is 2.67. The van der Waals surface area contributed by atoms with Crippen molar-refractivity contribution in [2.45, 2.75) is 44.6 Å². The van der Waals surface area contributed by atoms with Crippen molar-refractivity contribution < 1.29 is 9.53 Å². The van der Waals surface area contributed by atoms with Gasteiger partial charge < -0.3 is 15.4 Å². The van der Waals surface area contributed by atoms with Gasteiger partial charge in [-0.3, -0.25) is 4.79 Å². The number of carbonyl (C=O) groups excluding carboxylic acids is 1. The van der Waals surface area contributed by atoms with Gasteiger partial charge in [0.1, 0.15) is 0 Å². The predicted molar refractivity (Wildman–Crippen MR) is 73.8 cm³/mol. The van der Waals surface area contributed by atoms with Crippen LogP contribution in [0.5, 0.6) is 0 Å². The number of halogens is 1. The molecule has 2 fully saturated rings. The van der Waals surface area contributed by atoms with Crippen LogP contribution in [0.1, 0.15) is 38.5 Å². The van der Waals surface area contributed by atoms with Gasteiger partial charge in [0.2, 0.25) is 5.91 Å². The first-order valence-electron chi connectivity index (χ1n) is 6.91. The molecule has 0 aromatic carbocycles. The van der Waals surface area contributed by atoms with E-state index in [0.29, 0.717) is 25.6 Å². The summed E-state index contributed by atoms with van der Waals surface area (Å²) in [5, 5.41) is 0. The molecule has 18 heavy (non-hydrogen) atoms. The van der Waals surface area contributed by atoms with Gasteiger partial charge >= 0.3 is 0 Å². The molecule has 0 aromatic heterocycles. The van der Waals surface area contributed by atoms with E-state index in [1.807, 2.05) is 4.90 Å². The van der Waals surface area contributed by atoms with Crippen LogP contribution in [0.3, 0.4) is 0 Å². The Balaban J connectivity index is 0.00000162. The Morgan fingerprint density at radius 2 is 1.89 bits per heavy atom. The van der Waals surface area contributed by atoms with Crippen molar-refractivity contribution in [2.75, 3.05) is 26.2 Å². The first-order valence-corrected chi connectivity index (χ1v) is 6.91. The predicted octanol–water partition coefficient (Wildman–Crippen LogP) is 1.56. The number of morpholine rings is 1. The third-order valence-electron chi connectivity index (χ3n) is 3.92. The summed E-state index contributed by atoms with van der Waals surface area (Å²) >= 11 is 0. The Labute approximate surface area is 116 Å². The van der Waals surface area contributed by atoms with Crippen LogP contribution >= 0.6 is 12.4 Å². The minimum atomic E-state index is 0. The van der Waals surface area contributed by atoms with Crippen molar-refractivity contribution in [3.63, 3.8) is 0 Å². The number of rotatable bonds is 2. The fraction of sp³-hybridized carbons (Fsp3) is 0.923. The van der Waals surface area contributed by atoms with Crippen molar-refractivity contribution in [3.8, 4) is 0 Å². The smallest absolute Gasteiger partial charge is 0.225 e. The van der Waals surface area contributed by atoms with E-state index in [4.69, 9.17) is 10.5 Å². The zero-order valence-corrected chi connectivity index (χ0v) is 11.8. The monoisotopic (exact) mass is 276 g/mol. The Kier molecular flexibility index (Phi) is 6.97. The molecular weight excluding hydrogens is 252 g/mol. The lowest BCUT2D eigenvalue weighted by atomic mass is 9.98. The van der Waals surface area contributed by atoms with E-state index in [2.05, 4.69) is 0 Å². The molecule has 1 saturated carbocycles. The number of ether oxygens (including phenoxy) is 1. The van der Waals surface area contributed by atoms with Crippen molar-refractivity contribution in [2.24, 2.45) is 11.7 Å². The molecule has 1 heterocycles. The second-order valence-electron chi connectivity index (χ2n) is 5.20. The van der Waals surface area contributed by atoms with Crippen molar-refractivity contribution in [3.05, 3.63) is 0 Å². The van der Waals surface area contributed by atoms with Gasteiger partial charge in [-0.15, -0.1) is 12.4 Å². The molecule has 2 rings (SSSR count). The zero-order chi connectivity index (χ0) is 12.1. The van der Waals surface area contributed by atoms with Crippen LogP contribution in [0.25, 0.3) is 0 Å². The summed E-state index contributed by atoms with van der Waals surface area (Å²) < 4.78 is 5.50. The maximum Gasteiger partial charge on any atom is 0.225 e. The first-order chi connectivity index (χ1) is 8.31. The molecule has 4 nitrogen and oxygen atoms in total. The maximum absolute atomic E-state index is 12.4. The van der Waals surface area contributed by atoms with Gasteiger partial charge in [0, 0.05) is 25.6 Å². The molecule has 1 amide bonds. The van der Waals surface area contributed by atoms with Crippen LogP contribution in [0, 0.1) is 5.92 Å². The molecule has 0 spiro atoms. The highest BCUT2D eigenvalue weighted by molar-refractivity contribution is 5.85. The summed E-state index contributed by atoms with van der Waals surface area (Å²) in [4.78, 5) is 14.4. The molecule has 1 aliphatic heterocycles. The SMILES string of the molecule is Cl.NCC1CN(C(=O)C2CCCCCC2)CCO1. The molecular formula is C13H25ClN2O2. The third-order valence-corrected chi connectivity index (χ3v) is 3.92. The van der Waals surface area contributed by atoms with Gasteiger partial charge in [-0.2, -0.15) is 0 Å². The van der Waals surface area contributed by atoms with Crippen LogP contribution in [-0.4, -0.2) is 43.2 Å². The van der Waals surface area contributed by atoms with E-state index in [1.54, 1.807) is 0 Å². The first kappa shape index (κ1) is 15.7. The number of amides is 1. The topological polar surface area (TPSA) is 55.6 Å². The van der Waals surface area contributed by atoms with E-state index in [-0.39, 0.29) is 24.4 Å². The lowest BCUT2D eigenvalue weighted by Crippen LogP contribution is -2.49. The van der Waals surface area contributed by atoms with Crippen molar-refractivity contribution >= 4 is 18.3 Å². The number of carbonyl (C=O) groups is 1. The molecule has 5 heteroatoms. The fourth-order valence-corrected chi connectivity index (χ4v) is 2.85. The number of hydrogen-bond donors (Lipinski definition) is 1. The van der Waals surface area contributed by atoms with Crippen LogP contribution in [0.15, 0.2) is 0 Å². The second-order valence-corrected chi connectivity index (χ2v) is 5.20. The van der Waals surface area contributed by atoms with Gasteiger partial charge in [0.05, 0.1) is 12.7 Å². The summed E-state index contributed by atoms with van der Waals surface area (Å²) in [5.74, 6) is 0.600. The summed E-state index contributed by atoms with van der Waals surface area (Å²) in [6.07, 6.45) is 7.18. The zero-order valence-electron chi connectivity index (χ0n) is 11.0. The average molecular weight is 277 g/mol. The van der Waals surface area contributed by atoms with Crippen LogP contribution in [0.2, 0.25) is 0 Å². The Bertz CT molecular complexity index is 255. The normalized spacial score (nSPS) is 26.3. The van der Waals surface area contributed by atoms with Crippen molar-refractivity contribution in [1.82, 2.24) is 4.90 Å². The molecule has 1 atom stereocenters.